The van der Waals surface area contributed by atoms with Gasteiger partial charge >= 0.3 is 0 Å². The van der Waals surface area contributed by atoms with Crippen molar-refractivity contribution in [2.45, 2.75) is 19.5 Å². The van der Waals surface area contributed by atoms with Crippen molar-refractivity contribution in [2.24, 2.45) is 5.73 Å². The van der Waals surface area contributed by atoms with Crippen LogP contribution in [0.2, 0.25) is 0 Å². The molecule has 0 aliphatic rings. The van der Waals surface area contributed by atoms with Crippen LogP contribution in [0.1, 0.15) is 24.4 Å². The van der Waals surface area contributed by atoms with Crippen LogP contribution in [0.5, 0.6) is 5.75 Å². The Hall–Kier alpha value is -1.88. The fourth-order valence-corrected chi connectivity index (χ4v) is 1.38. The summed E-state index contributed by atoms with van der Waals surface area (Å²) >= 11 is 0. The summed E-state index contributed by atoms with van der Waals surface area (Å²) in [6.07, 6.45) is 1.66. The van der Waals surface area contributed by atoms with E-state index in [1.807, 2.05) is 19.1 Å². The van der Waals surface area contributed by atoms with Crippen molar-refractivity contribution in [1.29, 1.82) is 0 Å². The number of benzene rings is 1. The molecule has 2 aromatic rings. The second-order valence-electron chi connectivity index (χ2n) is 3.76. The zero-order valence-corrected chi connectivity index (χ0v) is 9.04. The van der Waals surface area contributed by atoms with Gasteiger partial charge in [-0.3, -0.25) is 0 Å². The fourth-order valence-electron chi connectivity index (χ4n) is 1.38. The van der Waals surface area contributed by atoms with Crippen molar-refractivity contribution in [3.8, 4) is 5.75 Å². The highest BCUT2D eigenvalue weighted by Gasteiger charge is 2.05. The van der Waals surface area contributed by atoms with Crippen molar-refractivity contribution >= 4 is 0 Å². The van der Waals surface area contributed by atoms with E-state index in [-0.39, 0.29) is 11.8 Å². The molecule has 0 saturated heterocycles. The maximum atomic E-state index is 9.15. The molecule has 1 heterocycles. The molecule has 1 aromatic heterocycles. The van der Waals surface area contributed by atoms with E-state index in [9.17, 15) is 0 Å². The summed E-state index contributed by atoms with van der Waals surface area (Å²) in [5.41, 5.74) is 6.72. The molecular formula is C11H14N4O. The van der Waals surface area contributed by atoms with Crippen molar-refractivity contribution < 1.29 is 5.11 Å². The van der Waals surface area contributed by atoms with Gasteiger partial charge in [0.2, 0.25) is 0 Å². The molecule has 5 nitrogen and oxygen atoms in total. The standard InChI is InChI=1S/C11H14N4O/c1-8(12)11-13-7-15(14-11)6-9-2-4-10(16)5-3-9/h2-5,7-8,16H,6,12H2,1H3. The largest absolute Gasteiger partial charge is 0.508 e. The SMILES string of the molecule is CC(N)c1ncn(Cc2ccc(O)cc2)n1. The lowest BCUT2D eigenvalue weighted by atomic mass is 10.2. The van der Waals surface area contributed by atoms with Gasteiger partial charge in [0.25, 0.3) is 0 Å². The molecule has 1 aromatic carbocycles. The number of aromatic nitrogens is 3. The number of nitrogens with zero attached hydrogens (tertiary/aromatic N) is 3. The van der Waals surface area contributed by atoms with Gasteiger partial charge in [0, 0.05) is 0 Å². The summed E-state index contributed by atoms with van der Waals surface area (Å²) in [5.74, 6) is 0.900. The minimum Gasteiger partial charge on any atom is -0.508 e. The summed E-state index contributed by atoms with van der Waals surface area (Å²) in [4.78, 5) is 4.11. The van der Waals surface area contributed by atoms with Crippen LogP contribution in [0.4, 0.5) is 0 Å². The lowest BCUT2D eigenvalue weighted by molar-refractivity contribution is 0.475. The molecule has 0 radical (unpaired) electrons. The zero-order valence-electron chi connectivity index (χ0n) is 9.04. The molecule has 3 N–H and O–H groups in total. The summed E-state index contributed by atoms with van der Waals surface area (Å²) in [6, 6.07) is 6.85. The number of rotatable bonds is 3. The average molecular weight is 218 g/mol. The van der Waals surface area contributed by atoms with E-state index in [1.54, 1.807) is 23.1 Å². The predicted molar refractivity (Wildman–Crippen MR) is 59.8 cm³/mol. The summed E-state index contributed by atoms with van der Waals surface area (Å²) < 4.78 is 1.73. The van der Waals surface area contributed by atoms with E-state index >= 15 is 0 Å². The zero-order chi connectivity index (χ0) is 11.5. The van der Waals surface area contributed by atoms with Crippen LogP contribution in [-0.2, 0) is 6.54 Å². The van der Waals surface area contributed by atoms with Crippen LogP contribution < -0.4 is 5.73 Å². The van der Waals surface area contributed by atoms with Gasteiger partial charge in [0.05, 0.1) is 12.6 Å². The Balaban J connectivity index is 2.11. The van der Waals surface area contributed by atoms with Crippen LogP contribution in [0, 0.1) is 0 Å². The van der Waals surface area contributed by atoms with Crippen LogP contribution in [0.3, 0.4) is 0 Å². The minimum atomic E-state index is -0.152. The molecule has 0 fully saturated rings. The molecule has 0 aliphatic heterocycles. The Morgan fingerprint density at radius 1 is 1.38 bits per heavy atom. The molecule has 84 valence electrons. The molecule has 16 heavy (non-hydrogen) atoms. The molecule has 2 rings (SSSR count). The third-order valence-corrected chi connectivity index (χ3v) is 2.24. The van der Waals surface area contributed by atoms with Gasteiger partial charge in [-0.25, -0.2) is 9.67 Å². The van der Waals surface area contributed by atoms with Gasteiger partial charge in [-0.05, 0) is 24.6 Å². The molecule has 5 heteroatoms. The number of nitrogens with two attached hydrogens (primary N) is 1. The molecule has 0 amide bonds. The van der Waals surface area contributed by atoms with Crippen LogP contribution >= 0.6 is 0 Å². The topological polar surface area (TPSA) is 77.0 Å². The van der Waals surface area contributed by atoms with Crippen LogP contribution in [0.15, 0.2) is 30.6 Å². The van der Waals surface area contributed by atoms with Crippen molar-refractivity contribution in [3.05, 3.63) is 42.0 Å². The number of hydrogen-bond donors (Lipinski definition) is 2. The van der Waals surface area contributed by atoms with Gasteiger partial charge < -0.3 is 10.8 Å². The average Bonchev–Trinajstić information content (AvgIpc) is 2.70. The minimum absolute atomic E-state index is 0.152. The normalized spacial score (nSPS) is 12.6. The second-order valence-corrected chi connectivity index (χ2v) is 3.76. The summed E-state index contributed by atoms with van der Waals surface area (Å²) in [7, 11) is 0. The molecular weight excluding hydrogens is 204 g/mol. The fraction of sp³-hybridized carbons (Fsp3) is 0.273. The maximum Gasteiger partial charge on any atom is 0.166 e. The van der Waals surface area contributed by atoms with E-state index < -0.39 is 0 Å². The second kappa shape index (κ2) is 4.32. The monoisotopic (exact) mass is 218 g/mol. The van der Waals surface area contributed by atoms with Gasteiger partial charge in [0.15, 0.2) is 5.82 Å². The molecule has 1 atom stereocenters. The van der Waals surface area contributed by atoms with Gasteiger partial charge in [0.1, 0.15) is 12.1 Å². The van der Waals surface area contributed by atoms with Crippen LogP contribution in [0.25, 0.3) is 0 Å². The lowest BCUT2D eigenvalue weighted by Crippen LogP contribution is -2.08. The van der Waals surface area contributed by atoms with Gasteiger partial charge in [-0.2, -0.15) is 5.10 Å². The first-order chi connectivity index (χ1) is 7.65. The third kappa shape index (κ3) is 2.38. The highest BCUT2D eigenvalue weighted by Crippen LogP contribution is 2.10. The number of aromatic hydroxyl groups is 1. The van der Waals surface area contributed by atoms with E-state index in [1.165, 1.54) is 0 Å². The number of phenolic OH excluding ortho intramolecular Hbond substituents is 1. The molecule has 0 aliphatic carbocycles. The van der Waals surface area contributed by atoms with E-state index in [0.717, 1.165) is 5.56 Å². The lowest BCUT2D eigenvalue weighted by Gasteiger charge is -2.01. The Morgan fingerprint density at radius 3 is 2.62 bits per heavy atom. The highest BCUT2D eigenvalue weighted by atomic mass is 16.3. The quantitative estimate of drug-likeness (QED) is 0.807. The maximum absolute atomic E-state index is 9.15. The van der Waals surface area contributed by atoms with Crippen LogP contribution in [-0.4, -0.2) is 19.9 Å². The summed E-state index contributed by atoms with van der Waals surface area (Å²) in [5, 5.41) is 13.4. The Bertz CT molecular complexity index is 461. The van der Waals surface area contributed by atoms with Crippen molar-refractivity contribution in [3.63, 3.8) is 0 Å². The van der Waals surface area contributed by atoms with E-state index in [0.29, 0.717) is 12.4 Å². The molecule has 0 saturated carbocycles. The first-order valence-corrected chi connectivity index (χ1v) is 5.08. The van der Waals surface area contributed by atoms with Crippen molar-refractivity contribution in [2.75, 3.05) is 0 Å². The number of phenols is 1. The first kappa shape index (κ1) is 10.6. The highest BCUT2D eigenvalue weighted by molar-refractivity contribution is 5.25. The van der Waals surface area contributed by atoms with E-state index in [2.05, 4.69) is 10.1 Å². The Kier molecular flexibility index (Phi) is 2.87. The molecule has 0 bridgehead atoms. The molecule has 0 spiro atoms. The number of hydrogen-bond acceptors (Lipinski definition) is 4. The smallest absolute Gasteiger partial charge is 0.166 e. The Labute approximate surface area is 93.5 Å². The predicted octanol–water partition coefficient (Wildman–Crippen LogP) is 1.05. The van der Waals surface area contributed by atoms with E-state index in [4.69, 9.17) is 10.8 Å². The Morgan fingerprint density at radius 2 is 2.06 bits per heavy atom. The third-order valence-electron chi connectivity index (χ3n) is 2.24. The van der Waals surface area contributed by atoms with Gasteiger partial charge in [-0.15, -0.1) is 0 Å². The van der Waals surface area contributed by atoms with Gasteiger partial charge in [-0.1, -0.05) is 12.1 Å². The first-order valence-electron chi connectivity index (χ1n) is 5.08. The molecule has 1 unspecified atom stereocenters. The summed E-state index contributed by atoms with van der Waals surface area (Å²) in [6.45, 7) is 2.47. The van der Waals surface area contributed by atoms with Crippen molar-refractivity contribution in [1.82, 2.24) is 14.8 Å².